The first-order valence-corrected chi connectivity index (χ1v) is 11.3. The largest absolute Gasteiger partial charge is 0.418 e. The zero-order valence-electron chi connectivity index (χ0n) is 17.8. The van der Waals surface area contributed by atoms with Crippen molar-refractivity contribution in [1.82, 2.24) is 25.3 Å². The summed E-state index contributed by atoms with van der Waals surface area (Å²) >= 11 is 12.7. The molecule has 186 valence electrons. The molecule has 3 aromatic rings. The summed E-state index contributed by atoms with van der Waals surface area (Å²) in [5.74, 6) is -1.42. The molecule has 0 spiro atoms. The highest BCUT2D eigenvalue weighted by Crippen LogP contribution is 2.35. The molecule has 0 aliphatic rings. The summed E-state index contributed by atoms with van der Waals surface area (Å²) in [6.45, 7) is 2.34. The molecule has 1 atom stereocenters. The van der Waals surface area contributed by atoms with Crippen molar-refractivity contribution in [3.63, 3.8) is 0 Å². The molecule has 2 amide bonds. The van der Waals surface area contributed by atoms with Crippen LogP contribution in [-0.4, -0.2) is 44.8 Å². The lowest BCUT2D eigenvalue weighted by Gasteiger charge is -2.13. The first kappa shape index (κ1) is 26.5. The molecule has 1 unspecified atom stereocenters. The predicted octanol–water partition coefficient (Wildman–Crippen LogP) is 3.77. The summed E-state index contributed by atoms with van der Waals surface area (Å²) in [5, 5.41) is 7.59. The molecule has 10 nitrogen and oxygen atoms in total. The van der Waals surface area contributed by atoms with Crippen LogP contribution in [0.3, 0.4) is 0 Å². The molecular weight excluding hydrogens is 532 g/mol. The lowest BCUT2D eigenvalue weighted by atomic mass is 10.2. The second-order valence-electron chi connectivity index (χ2n) is 6.86. The number of rotatable bonds is 8. The van der Waals surface area contributed by atoms with E-state index in [9.17, 15) is 22.8 Å². The van der Waals surface area contributed by atoms with Crippen LogP contribution in [0.25, 0.3) is 0 Å². The minimum atomic E-state index is -4.71. The standard InChI is InChI=1S/C19H17Cl2F3N8O2S/c1-8(31-17(34)14-13(21)15(26-3-2-25)30-7-29-14)18-28-6-11(35-18)16(33)32-12-4-9(19(22,23)24)10(20)5-27-12/h4-8H,2-3,25H2,1H3,(H,31,34)(H,26,29,30)(H,27,32,33). The number of pyridine rings is 1. The van der Waals surface area contributed by atoms with E-state index in [1.807, 2.05) is 0 Å². The number of aromatic nitrogens is 4. The molecule has 0 bridgehead atoms. The van der Waals surface area contributed by atoms with E-state index in [0.717, 1.165) is 17.5 Å². The minimum absolute atomic E-state index is 0.0125. The number of carbonyl (C=O) groups is 2. The van der Waals surface area contributed by atoms with E-state index >= 15 is 0 Å². The van der Waals surface area contributed by atoms with Gasteiger partial charge in [0.05, 0.1) is 22.8 Å². The van der Waals surface area contributed by atoms with Gasteiger partial charge in [-0.15, -0.1) is 11.3 Å². The van der Waals surface area contributed by atoms with Crippen LogP contribution in [0.4, 0.5) is 24.8 Å². The van der Waals surface area contributed by atoms with E-state index in [2.05, 4.69) is 35.9 Å². The average Bonchev–Trinajstić information content (AvgIpc) is 3.29. The number of hydrogen-bond donors (Lipinski definition) is 4. The Bertz CT molecular complexity index is 1240. The highest BCUT2D eigenvalue weighted by molar-refractivity contribution is 7.13. The SMILES string of the molecule is CC(NC(=O)c1ncnc(NCCN)c1Cl)c1ncc(C(=O)Nc2cc(C(F)(F)F)c(Cl)cn2)s1. The first-order valence-electron chi connectivity index (χ1n) is 9.76. The smallest absolute Gasteiger partial charge is 0.367 e. The average molecular weight is 549 g/mol. The third-order valence-corrected chi connectivity index (χ3v) is 6.15. The Morgan fingerprint density at radius 2 is 1.89 bits per heavy atom. The maximum absolute atomic E-state index is 13.0. The molecular formula is C19H17Cl2F3N8O2S. The van der Waals surface area contributed by atoms with Gasteiger partial charge in [0, 0.05) is 19.3 Å². The molecule has 3 aromatic heterocycles. The zero-order valence-corrected chi connectivity index (χ0v) is 20.1. The first-order chi connectivity index (χ1) is 16.5. The molecule has 3 rings (SSSR count). The molecule has 0 aromatic carbocycles. The lowest BCUT2D eigenvalue weighted by Crippen LogP contribution is -2.28. The number of nitrogens with zero attached hydrogens (tertiary/aromatic N) is 4. The summed E-state index contributed by atoms with van der Waals surface area (Å²) in [4.78, 5) is 40.9. The summed E-state index contributed by atoms with van der Waals surface area (Å²) in [7, 11) is 0. The molecule has 0 radical (unpaired) electrons. The maximum Gasteiger partial charge on any atom is 0.418 e. The van der Waals surface area contributed by atoms with Gasteiger partial charge in [0.2, 0.25) is 0 Å². The molecule has 16 heteroatoms. The van der Waals surface area contributed by atoms with Crippen LogP contribution < -0.4 is 21.7 Å². The molecule has 0 fully saturated rings. The normalized spacial score (nSPS) is 12.2. The van der Waals surface area contributed by atoms with Gasteiger partial charge in [0.25, 0.3) is 11.8 Å². The monoisotopic (exact) mass is 548 g/mol. The molecule has 0 saturated carbocycles. The molecule has 0 aliphatic carbocycles. The Balaban J connectivity index is 1.69. The van der Waals surface area contributed by atoms with Crippen molar-refractivity contribution in [2.45, 2.75) is 19.1 Å². The molecule has 3 heterocycles. The van der Waals surface area contributed by atoms with Crippen molar-refractivity contribution >= 4 is 58.0 Å². The number of alkyl halides is 3. The van der Waals surface area contributed by atoms with Gasteiger partial charge >= 0.3 is 6.18 Å². The Morgan fingerprint density at radius 1 is 1.14 bits per heavy atom. The van der Waals surface area contributed by atoms with E-state index < -0.39 is 34.6 Å². The van der Waals surface area contributed by atoms with Gasteiger partial charge in [-0.1, -0.05) is 23.2 Å². The topological polar surface area (TPSA) is 148 Å². The fourth-order valence-corrected chi connectivity index (χ4v) is 3.94. The molecule has 0 aliphatic heterocycles. The van der Waals surface area contributed by atoms with Crippen LogP contribution in [0.15, 0.2) is 24.8 Å². The predicted molar refractivity (Wildman–Crippen MR) is 125 cm³/mol. The number of nitrogens with one attached hydrogen (secondary N) is 3. The van der Waals surface area contributed by atoms with Crippen molar-refractivity contribution in [2.75, 3.05) is 23.7 Å². The summed E-state index contributed by atoms with van der Waals surface area (Å²) in [6, 6.07) is -0.0151. The minimum Gasteiger partial charge on any atom is -0.367 e. The Hall–Kier alpha value is -3.07. The third kappa shape index (κ3) is 6.54. The van der Waals surface area contributed by atoms with E-state index in [1.165, 1.54) is 12.5 Å². The zero-order chi connectivity index (χ0) is 25.8. The fraction of sp³-hybridized carbons (Fsp3) is 0.263. The van der Waals surface area contributed by atoms with Crippen LogP contribution >= 0.6 is 34.5 Å². The number of hydrogen-bond acceptors (Lipinski definition) is 9. The Kier molecular flexibility index (Phi) is 8.43. The highest BCUT2D eigenvalue weighted by Gasteiger charge is 2.34. The second kappa shape index (κ2) is 11.1. The van der Waals surface area contributed by atoms with Crippen LogP contribution in [0.5, 0.6) is 0 Å². The lowest BCUT2D eigenvalue weighted by molar-refractivity contribution is -0.137. The quantitative estimate of drug-likeness (QED) is 0.332. The van der Waals surface area contributed by atoms with Crippen LogP contribution in [0.2, 0.25) is 10.0 Å². The van der Waals surface area contributed by atoms with Crippen molar-refractivity contribution in [1.29, 1.82) is 0 Å². The number of amides is 2. The van der Waals surface area contributed by atoms with Gasteiger partial charge in [0.1, 0.15) is 32.9 Å². The fourth-order valence-electron chi connectivity index (χ4n) is 2.66. The second-order valence-corrected chi connectivity index (χ2v) is 8.71. The van der Waals surface area contributed by atoms with Gasteiger partial charge in [0.15, 0.2) is 5.69 Å². The van der Waals surface area contributed by atoms with Crippen molar-refractivity contribution in [3.05, 3.63) is 56.0 Å². The molecule has 35 heavy (non-hydrogen) atoms. The van der Waals surface area contributed by atoms with E-state index in [1.54, 1.807) is 6.92 Å². The van der Waals surface area contributed by atoms with Crippen molar-refractivity contribution < 1.29 is 22.8 Å². The van der Waals surface area contributed by atoms with Crippen molar-refractivity contribution in [2.24, 2.45) is 5.73 Å². The van der Waals surface area contributed by atoms with Gasteiger partial charge in [-0.2, -0.15) is 13.2 Å². The van der Waals surface area contributed by atoms with Crippen molar-refractivity contribution in [3.8, 4) is 0 Å². The Morgan fingerprint density at radius 3 is 2.57 bits per heavy atom. The van der Waals surface area contributed by atoms with Gasteiger partial charge in [-0.25, -0.2) is 19.9 Å². The van der Waals surface area contributed by atoms with Crippen LogP contribution in [-0.2, 0) is 6.18 Å². The summed E-state index contributed by atoms with van der Waals surface area (Å²) < 4.78 is 39.1. The number of anilines is 2. The highest BCUT2D eigenvalue weighted by atomic mass is 35.5. The van der Waals surface area contributed by atoms with Crippen LogP contribution in [0.1, 0.15) is 43.7 Å². The number of nitrogens with two attached hydrogens (primary N) is 1. The Labute approximate surface area is 210 Å². The molecule has 0 saturated heterocycles. The van der Waals surface area contributed by atoms with E-state index in [-0.39, 0.29) is 27.2 Å². The van der Waals surface area contributed by atoms with E-state index in [4.69, 9.17) is 28.9 Å². The van der Waals surface area contributed by atoms with Gasteiger partial charge < -0.3 is 21.7 Å². The van der Waals surface area contributed by atoms with Crippen LogP contribution in [0, 0.1) is 0 Å². The maximum atomic E-state index is 13.0. The summed E-state index contributed by atoms with van der Waals surface area (Å²) in [6.07, 6.45) is -1.51. The summed E-state index contributed by atoms with van der Waals surface area (Å²) in [5.41, 5.74) is 4.23. The number of thiazole rings is 1. The third-order valence-electron chi connectivity index (χ3n) is 4.31. The van der Waals surface area contributed by atoms with E-state index in [0.29, 0.717) is 24.2 Å². The number of halogens is 5. The van der Waals surface area contributed by atoms with Gasteiger partial charge in [-0.3, -0.25) is 9.59 Å². The number of carbonyl (C=O) groups excluding carboxylic acids is 2. The molecule has 5 N–H and O–H groups in total. The van der Waals surface area contributed by atoms with Gasteiger partial charge in [-0.05, 0) is 13.0 Å².